The molecule has 2 aromatic heterocycles. The molecule has 2 heterocycles. The van der Waals surface area contributed by atoms with Crippen molar-refractivity contribution in [3.8, 4) is 0 Å². The summed E-state index contributed by atoms with van der Waals surface area (Å²) in [6, 6.07) is 12.5. The Labute approximate surface area is 132 Å². The predicted octanol–water partition coefficient (Wildman–Crippen LogP) is 4.89. The summed E-state index contributed by atoms with van der Waals surface area (Å²) in [5.41, 5.74) is 5.80. The molecule has 1 N–H and O–H groups in total. The SMILES string of the molecule is Cc1cccc(C)c1Nc1c(CC(C)C)nc2ccccn12. The largest absolute Gasteiger partial charge is 0.339 e. The van der Waals surface area contributed by atoms with E-state index in [1.54, 1.807) is 0 Å². The van der Waals surface area contributed by atoms with Crippen LogP contribution in [0.2, 0.25) is 0 Å². The Kier molecular flexibility index (Phi) is 3.88. The number of aromatic nitrogens is 2. The Morgan fingerprint density at radius 1 is 1.05 bits per heavy atom. The molecular formula is C19H23N3. The van der Waals surface area contributed by atoms with Crippen LogP contribution in [0.1, 0.15) is 30.7 Å². The molecule has 0 aliphatic heterocycles. The molecule has 114 valence electrons. The van der Waals surface area contributed by atoms with Gasteiger partial charge in [0.1, 0.15) is 11.5 Å². The van der Waals surface area contributed by atoms with E-state index in [9.17, 15) is 0 Å². The zero-order valence-corrected chi connectivity index (χ0v) is 13.7. The van der Waals surface area contributed by atoms with Gasteiger partial charge in [-0.1, -0.05) is 38.1 Å². The third-order valence-corrected chi connectivity index (χ3v) is 3.93. The van der Waals surface area contributed by atoms with Crippen LogP contribution in [0, 0.1) is 19.8 Å². The lowest BCUT2D eigenvalue weighted by Crippen LogP contribution is -2.03. The summed E-state index contributed by atoms with van der Waals surface area (Å²) < 4.78 is 2.14. The number of imidazole rings is 1. The first kappa shape index (κ1) is 14.6. The van der Waals surface area contributed by atoms with Crippen molar-refractivity contribution in [3.05, 3.63) is 59.4 Å². The smallest absolute Gasteiger partial charge is 0.138 e. The lowest BCUT2D eigenvalue weighted by molar-refractivity contribution is 0.639. The van der Waals surface area contributed by atoms with Gasteiger partial charge in [0.25, 0.3) is 0 Å². The number of fused-ring (bicyclic) bond motifs is 1. The maximum Gasteiger partial charge on any atom is 0.138 e. The average Bonchev–Trinajstić information content (AvgIpc) is 2.80. The van der Waals surface area contributed by atoms with Gasteiger partial charge in [0.15, 0.2) is 0 Å². The highest BCUT2D eigenvalue weighted by Crippen LogP contribution is 2.28. The summed E-state index contributed by atoms with van der Waals surface area (Å²) in [6.45, 7) is 8.74. The number of rotatable bonds is 4. The Balaban J connectivity index is 2.12. The number of nitrogens with zero attached hydrogens (tertiary/aromatic N) is 2. The highest BCUT2D eigenvalue weighted by Gasteiger charge is 2.14. The summed E-state index contributed by atoms with van der Waals surface area (Å²) in [6.07, 6.45) is 3.04. The molecule has 0 aliphatic rings. The third-order valence-electron chi connectivity index (χ3n) is 3.93. The van der Waals surface area contributed by atoms with Gasteiger partial charge in [-0.25, -0.2) is 4.98 Å². The van der Waals surface area contributed by atoms with Gasteiger partial charge in [0.2, 0.25) is 0 Å². The van der Waals surface area contributed by atoms with Gasteiger partial charge in [-0.3, -0.25) is 4.40 Å². The topological polar surface area (TPSA) is 29.3 Å². The zero-order chi connectivity index (χ0) is 15.7. The van der Waals surface area contributed by atoms with E-state index in [-0.39, 0.29) is 0 Å². The quantitative estimate of drug-likeness (QED) is 0.742. The van der Waals surface area contributed by atoms with Crippen LogP contribution in [0.5, 0.6) is 0 Å². The molecule has 3 rings (SSSR count). The van der Waals surface area contributed by atoms with Crippen molar-refractivity contribution in [3.63, 3.8) is 0 Å². The molecule has 0 saturated heterocycles. The molecule has 1 aromatic carbocycles. The highest BCUT2D eigenvalue weighted by molar-refractivity contribution is 5.68. The molecule has 0 bridgehead atoms. The number of benzene rings is 1. The van der Waals surface area contributed by atoms with Gasteiger partial charge in [-0.05, 0) is 49.4 Å². The zero-order valence-electron chi connectivity index (χ0n) is 13.7. The van der Waals surface area contributed by atoms with Crippen LogP contribution in [-0.2, 0) is 6.42 Å². The van der Waals surface area contributed by atoms with Crippen molar-refractivity contribution in [2.75, 3.05) is 5.32 Å². The molecule has 3 heteroatoms. The minimum atomic E-state index is 0.573. The first-order valence-electron chi connectivity index (χ1n) is 7.85. The Bertz CT molecular complexity index is 779. The molecule has 3 aromatic rings. The minimum absolute atomic E-state index is 0.573. The van der Waals surface area contributed by atoms with Crippen molar-refractivity contribution in [1.29, 1.82) is 0 Å². The molecule has 0 atom stereocenters. The van der Waals surface area contributed by atoms with Gasteiger partial charge >= 0.3 is 0 Å². The monoisotopic (exact) mass is 293 g/mol. The Morgan fingerprint density at radius 2 is 1.77 bits per heavy atom. The van der Waals surface area contributed by atoms with E-state index in [2.05, 4.69) is 67.9 Å². The maximum absolute atomic E-state index is 4.81. The first-order chi connectivity index (χ1) is 10.6. The van der Waals surface area contributed by atoms with Gasteiger partial charge in [0.05, 0.1) is 5.69 Å². The summed E-state index contributed by atoms with van der Waals surface area (Å²) >= 11 is 0. The van der Waals surface area contributed by atoms with E-state index in [4.69, 9.17) is 4.98 Å². The second kappa shape index (κ2) is 5.84. The van der Waals surface area contributed by atoms with E-state index in [1.165, 1.54) is 16.8 Å². The van der Waals surface area contributed by atoms with Crippen LogP contribution >= 0.6 is 0 Å². The molecule has 0 fully saturated rings. The molecule has 3 nitrogen and oxygen atoms in total. The number of para-hydroxylation sites is 1. The molecule has 0 unspecified atom stereocenters. The van der Waals surface area contributed by atoms with Crippen molar-refractivity contribution >= 4 is 17.2 Å². The summed E-state index contributed by atoms with van der Waals surface area (Å²) in [7, 11) is 0. The highest BCUT2D eigenvalue weighted by atomic mass is 15.1. The molecular weight excluding hydrogens is 270 g/mol. The molecule has 0 saturated carbocycles. The lowest BCUT2D eigenvalue weighted by atomic mass is 10.1. The minimum Gasteiger partial charge on any atom is -0.339 e. The number of pyridine rings is 1. The standard InChI is InChI=1S/C19H23N3/c1-13(2)12-16-19(22-11-6-5-10-17(22)20-16)21-18-14(3)8-7-9-15(18)4/h5-11,13,21H,12H2,1-4H3. The first-order valence-corrected chi connectivity index (χ1v) is 7.85. The molecule has 0 radical (unpaired) electrons. The normalized spacial score (nSPS) is 11.3. The molecule has 0 amide bonds. The fraction of sp³-hybridized carbons (Fsp3) is 0.316. The van der Waals surface area contributed by atoms with Gasteiger partial charge in [-0.2, -0.15) is 0 Å². The maximum atomic E-state index is 4.81. The van der Waals surface area contributed by atoms with Gasteiger partial charge in [0, 0.05) is 11.9 Å². The van der Waals surface area contributed by atoms with Crippen LogP contribution in [0.25, 0.3) is 5.65 Å². The number of anilines is 2. The number of hydrogen-bond acceptors (Lipinski definition) is 2. The van der Waals surface area contributed by atoms with Crippen LogP contribution in [0.3, 0.4) is 0 Å². The van der Waals surface area contributed by atoms with Gasteiger partial charge < -0.3 is 5.32 Å². The lowest BCUT2D eigenvalue weighted by Gasteiger charge is -2.14. The Hall–Kier alpha value is -2.29. The van der Waals surface area contributed by atoms with E-state index in [0.29, 0.717) is 5.92 Å². The van der Waals surface area contributed by atoms with Crippen molar-refractivity contribution in [1.82, 2.24) is 9.38 Å². The number of hydrogen-bond donors (Lipinski definition) is 1. The van der Waals surface area contributed by atoms with Gasteiger partial charge in [-0.15, -0.1) is 0 Å². The van der Waals surface area contributed by atoms with Crippen LogP contribution in [-0.4, -0.2) is 9.38 Å². The van der Waals surface area contributed by atoms with Crippen molar-refractivity contribution in [2.24, 2.45) is 5.92 Å². The molecule has 0 spiro atoms. The van der Waals surface area contributed by atoms with Crippen molar-refractivity contribution in [2.45, 2.75) is 34.1 Å². The fourth-order valence-corrected chi connectivity index (χ4v) is 2.84. The number of aryl methyl sites for hydroxylation is 2. The van der Waals surface area contributed by atoms with E-state index in [1.807, 2.05) is 12.1 Å². The Morgan fingerprint density at radius 3 is 2.45 bits per heavy atom. The van der Waals surface area contributed by atoms with E-state index in [0.717, 1.165) is 23.6 Å². The van der Waals surface area contributed by atoms with E-state index >= 15 is 0 Å². The summed E-state index contributed by atoms with van der Waals surface area (Å²) in [5, 5.41) is 3.64. The third kappa shape index (κ3) is 2.71. The van der Waals surface area contributed by atoms with E-state index < -0.39 is 0 Å². The summed E-state index contributed by atoms with van der Waals surface area (Å²) in [4.78, 5) is 4.81. The van der Waals surface area contributed by atoms with Crippen LogP contribution in [0.4, 0.5) is 11.5 Å². The predicted molar refractivity (Wildman–Crippen MR) is 92.9 cm³/mol. The number of nitrogens with one attached hydrogen (secondary N) is 1. The van der Waals surface area contributed by atoms with Crippen LogP contribution in [0.15, 0.2) is 42.6 Å². The van der Waals surface area contributed by atoms with Crippen molar-refractivity contribution < 1.29 is 0 Å². The molecule has 0 aliphatic carbocycles. The van der Waals surface area contributed by atoms with Crippen LogP contribution < -0.4 is 5.32 Å². The average molecular weight is 293 g/mol. The second-order valence-electron chi connectivity index (χ2n) is 6.33. The fourth-order valence-electron chi connectivity index (χ4n) is 2.84. The summed E-state index contributed by atoms with van der Waals surface area (Å²) in [5.74, 6) is 1.66. The molecule has 22 heavy (non-hydrogen) atoms. The second-order valence-corrected chi connectivity index (χ2v) is 6.33.